The van der Waals surface area contributed by atoms with Gasteiger partial charge in [-0.3, -0.25) is 0 Å². The van der Waals surface area contributed by atoms with Gasteiger partial charge in [0.1, 0.15) is 0 Å². The summed E-state index contributed by atoms with van der Waals surface area (Å²) >= 11 is 7.15. The fourth-order valence-corrected chi connectivity index (χ4v) is 4.89. The SMILES string of the molecule is CC(N)C(Sc1ccc(C(C)(C)C)cc1)c1ccc(Br)s1. The average molecular weight is 384 g/mol. The minimum Gasteiger partial charge on any atom is -0.327 e. The van der Waals surface area contributed by atoms with Crippen LogP contribution in [0.25, 0.3) is 0 Å². The van der Waals surface area contributed by atoms with E-state index < -0.39 is 0 Å². The van der Waals surface area contributed by atoms with Crippen LogP contribution in [0.3, 0.4) is 0 Å². The van der Waals surface area contributed by atoms with Gasteiger partial charge in [-0.1, -0.05) is 32.9 Å². The van der Waals surface area contributed by atoms with E-state index in [9.17, 15) is 0 Å². The monoisotopic (exact) mass is 383 g/mol. The normalized spacial score (nSPS) is 15.0. The van der Waals surface area contributed by atoms with Gasteiger partial charge in [0, 0.05) is 15.8 Å². The molecule has 2 unspecified atom stereocenters. The number of hydrogen-bond acceptors (Lipinski definition) is 3. The van der Waals surface area contributed by atoms with Gasteiger partial charge in [0.25, 0.3) is 0 Å². The molecule has 0 aliphatic carbocycles. The lowest BCUT2D eigenvalue weighted by molar-refractivity contribution is 0.589. The first-order chi connectivity index (χ1) is 9.77. The molecule has 1 aromatic heterocycles. The summed E-state index contributed by atoms with van der Waals surface area (Å²) in [4.78, 5) is 2.59. The standard InChI is InChI=1S/C17H22BrNS2/c1-11(19)16(14-9-10-15(18)21-14)20-13-7-5-12(6-8-13)17(2,3)4/h5-11,16H,19H2,1-4H3. The Morgan fingerprint density at radius 2 is 1.71 bits per heavy atom. The summed E-state index contributed by atoms with van der Waals surface area (Å²) in [6, 6.07) is 13.3. The average Bonchev–Trinajstić information content (AvgIpc) is 2.81. The molecule has 2 atom stereocenters. The van der Waals surface area contributed by atoms with E-state index in [1.165, 1.54) is 15.3 Å². The minimum absolute atomic E-state index is 0.114. The largest absolute Gasteiger partial charge is 0.327 e. The molecule has 0 aliphatic heterocycles. The van der Waals surface area contributed by atoms with Crippen molar-refractivity contribution in [2.75, 3.05) is 0 Å². The van der Waals surface area contributed by atoms with Crippen LogP contribution in [0.2, 0.25) is 0 Å². The number of hydrogen-bond donors (Lipinski definition) is 1. The summed E-state index contributed by atoms with van der Waals surface area (Å²) in [6.45, 7) is 8.80. The van der Waals surface area contributed by atoms with Crippen molar-refractivity contribution in [2.24, 2.45) is 5.73 Å². The van der Waals surface area contributed by atoms with E-state index in [1.54, 1.807) is 11.3 Å². The number of halogens is 1. The summed E-state index contributed by atoms with van der Waals surface area (Å²) < 4.78 is 1.16. The highest BCUT2D eigenvalue weighted by Crippen LogP contribution is 2.41. The van der Waals surface area contributed by atoms with Gasteiger partial charge in [-0.15, -0.1) is 23.1 Å². The Morgan fingerprint density at radius 1 is 1.10 bits per heavy atom. The third-order valence-electron chi connectivity index (χ3n) is 3.34. The second-order valence-electron chi connectivity index (χ2n) is 6.31. The lowest BCUT2D eigenvalue weighted by atomic mass is 9.87. The van der Waals surface area contributed by atoms with Crippen molar-refractivity contribution in [3.05, 3.63) is 50.6 Å². The Hall–Kier alpha value is -0.290. The Balaban J connectivity index is 2.18. The molecule has 1 nitrogen and oxygen atoms in total. The number of rotatable bonds is 4. The maximum absolute atomic E-state index is 6.20. The van der Waals surface area contributed by atoms with Crippen LogP contribution in [0.1, 0.15) is 43.4 Å². The van der Waals surface area contributed by atoms with Crippen molar-refractivity contribution >= 4 is 39.0 Å². The van der Waals surface area contributed by atoms with Crippen molar-refractivity contribution in [1.82, 2.24) is 0 Å². The van der Waals surface area contributed by atoms with Crippen molar-refractivity contribution in [1.29, 1.82) is 0 Å². The zero-order chi connectivity index (χ0) is 15.6. The first kappa shape index (κ1) is 17.1. The molecule has 1 heterocycles. The Morgan fingerprint density at radius 3 is 2.14 bits per heavy atom. The van der Waals surface area contributed by atoms with E-state index >= 15 is 0 Å². The lowest BCUT2D eigenvalue weighted by Crippen LogP contribution is -2.21. The molecular formula is C17H22BrNS2. The van der Waals surface area contributed by atoms with E-state index in [-0.39, 0.29) is 11.5 Å². The maximum Gasteiger partial charge on any atom is 0.0701 e. The third-order valence-corrected chi connectivity index (χ3v) is 6.67. The molecule has 0 spiro atoms. The molecule has 21 heavy (non-hydrogen) atoms. The molecule has 0 bridgehead atoms. The lowest BCUT2D eigenvalue weighted by Gasteiger charge is -2.21. The molecular weight excluding hydrogens is 362 g/mol. The van der Waals surface area contributed by atoms with Crippen LogP contribution < -0.4 is 5.73 Å². The van der Waals surface area contributed by atoms with Crippen LogP contribution in [0, 0.1) is 0 Å². The molecule has 1 aromatic carbocycles. The molecule has 114 valence electrons. The van der Waals surface area contributed by atoms with Gasteiger partial charge in [0.2, 0.25) is 0 Å². The predicted octanol–water partition coefficient (Wildman–Crippen LogP) is 5.99. The number of thiophene rings is 1. The molecule has 0 amide bonds. The van der Waals surface area contributed by atoms with E-state index in [4.69, 9.17) is 5.73 Å². The molecule has 0 saturated heterocycles. The molecule has 2 N–H and O–H groups in total. The Bertz CT molecular complexity index is 582. The maximum atomic E-state index is 6.20. The second kappa shape index (κ2) is 6.86. The summed E-state index contributed by atoms with van der Waals surface area (Å²) in [5.74, 6) is 0. The van der Waals surface area contributed by atoms with Gasteiger partial charge in [-0.05, 0) is 58.1 Å². The zero-order valence-electron chi connectivity index (χ0n) is 12.9. The number of thioether (sulfide) groups is 1. The molecule has 2 rings (SSSR count). The first-order valence-corrected chi connectivity index (χ1v) is 9.54. The first-order valence-electron chi connectivity index (χ1n) is 7.05. The van der Waals surface area contributed by atoms with Crippen molar-refractivity contribution in [2.45, 2.75) is 49.3 Å². The Labute approximate surface area is 144 Å². The highest BCUT2D eigenvalue weighted by molar-refractivity contribution is 9.11. The van der Waals surface area contributed by atoms with Crippen LogP contribution in [0.5, 0.6) is 0 Å². The molecule has 0 radical (unpaired) electrons. The second-order valence-corrected chi connectivity index (χ2v) is 10.0. The van der Waals surface area contributed by atoms with Crippen molar-refractivity contribution in [3.8, 4) is 0 Å². The summed E-state index contributed by atoms with van der Waals surface area (Å²) in [6.07, 6.45) is 0. The topological polar surface area (TPSA) is 26.0 Å². The van der Waals surface area contributed by atoms with Crippen molar-refractivity contribution in [3.63, 3.8) is 0 Å². The van der Waals surface area contributed by atoms with Crippen LogP contribution in [-0.4, -0.2) is 6.04 Å². The van der Waals surface area contributed by atoms with Crippen LogP contribution >= 0.6 is 39.0 Å². The summed E-state index contributed by atoms with van der Waals surface area (Å²) in [5.41, 5.74) is 7.76. The summed E-state index contributed by atoms with van der Waals surface area (Å²) in [5, 5.41) is 0.293. The molecule has 0 fully saturated rings. The van der Waals surface area contributed by atoms with Gasteiger partial charge in [-0.25, -0.2) is 0 Å². The van der Waals surface area contributed by atoms with Gasteiger partial charge < -0.3 is 5.73 Å². The number of benzene rings is 1. The third kappa shape index (κ3) is 4.59. The van der Waals surface area contributed by atoms with E-state index in [0.29, 0.717) is 5.25 Å². The van der Waals surface area contributed by atoms with E-state index in [1.807, 2.05) is 11.8 Å². The van der Waals surface area contributed by atoms with E-state index in [0.717, 1.165) is 3.79 Å². The van der Waals surface area contributed by atoms with Gasteiger partial charge >= 0.3 is 0 Å². The van der Waals surface area contributed by atoms with Gasteiger partial charge in [0.15, 0.2) is 0 Å². The van der Waals surface area contributed by atoms with Crippen molar-refractivity contribution < 1.29 is 0 Å². The smallest absolute Gasteiger partial charge is 0.0701 e. The predicted molar refractivity (Wildman–Crippen MR) is 99.4 cm³/mol. The van der Waals surface area contributed by atoms with Crippen LogP contribution in [-0.2, 0) is 5.41 Å². The number of nitrogens with two attached hydrogens (primary N) is 1. The van der Waals surface area contributed by atoms with Crippen LogP contribution in [0.4, 0.5) is 0 Å². The van der Waals surface area contributed by atoms with Crippen LogP contribution in [0.15, 0.2) is 45.1 Å². The van der Waals surface area contributed by atoms with Gasteiger partial charge in [-0.2, -0.15) is 0 Å². The Kier molecular flexibility index (Phi) is 5.58. The molecule has 0 saturated carbocycles. The zero-order valence-corrected chi connectivity index (χ0v) is 16.1. The minimum atomic E-state index is 0.114. The molecule has 4 heteroatoms. The fourth-order valence-electron chi connectivity index (χ4n) is 2.09. The summed E-state index contributed by atoms with van der Waals surface area (Å²) in [7, 11) is 0. The highest BCUT2D eigenvalue weighted by Gasteiger charge is 2.20. The quantitative estimate of drug-likeness (QED) is 0.656. The molecule has 0 aliphatic rings. The molecule has 2 aromatic rings. The highest BCUT2D eigenvalue weighted by atomic mass is 79.9. The fraction of sp³-hybridized carbons (Fsp3) is 0.412. The van der Waals surface area contributed by atoms with Gasteiger partial charge in [0.05, 0.1) is 9.04 Å². The van der Waals surface area contributed by atoms with E-state index in [2.05, 4.69) is 80.0 Å².